The first kappa shape index (κ1) is 21.3. The molecule has 0 atom stereocenters. The maximum absolute atomic E-state index is 12.8. The summed E-state index contributed by atoms with van der Waals surface area (Å²) < 4.78 is 4.17. The van der Waals surface area contributed by atoms with Crippen molar-refractivity contribution in [3.63, 3.8) is 0 Å². The van der Waals surface area contributed by atoms with Crippen LogP contribution in [0.3, 0.4) is 0 Å². The first-order valence-corrected chi connectivity index (χ1v) is 10.8. The largest absolute Gasteiger partial charge is 0.354 e. The Morgan fingerprint density at radius 2 is 1.77 bits per heavy atom. The highest BCUT2D eigenvalue weighted by atomic mass is 79.9. The van der Waals surface area contributed by atoms with Crippen LogP contribution in [0.1, 0.15) is 11.1 Å². The summed E-state index contributed by atoms with van der Waals surface area (Å²) in [7, 11) is 0. The lowest BCUT2D eigenvalue weighted by atomic mass is 10.1. The molecule has 2 heterocycles. The Hall–Kier alpha value is -2.97. The van der Waals surface area contributed by atoms with Crippen molar-refractivity contribution in [2.45, 2.75) is 19.5 Å². The number of hydrogen-bond acceptors (Lipinski definition) is 4. The molecule has 1 N–H and O–H groups in total. The normalized spacial score (nSPS) is 11.0. The summed E-state index contributed by atoms with van der Waals surface area (Å²) in [5.41, 5.74) is 2.25. The third-order valence-corrected chi connectivity index (χ3v) is 5.59. The van der Waals surface area contributed by atoms with Crippen LogP contribution in [0, 0.1) is 0 Å². The van der Waals surface area contributed by atoms with E-state index < -0.39 is 0 Å². The second-order valence-electron chi connectivity index (χ2n) is 7.06. The van der Waals surface area contributed by atoms with Gasteiger partial charge in [-0.15, -0.1) is 0 Å². The van der Waals surface area contributed by atoms with Crippen LogP contribution in [0.25, 0.3) is 11.0 Å². The summed E-state index contributed by atoms with van der Waals surface area (Å²) in [6.45, 7) is 1.23. The summed E-state index contributed by atoms with van der Waals surface area (Å²) in [5, 5.41) is 8.23. The van der Waals surface area contributed by atoms with Crippen molar-refractivity contribution >= 4 is 44.5 Å². The topological polar surface area (TPSA) is 81.8 Å². The molecule has 4 rings (SSSR count). The van der Waals surface area contributed by atoms with Gasteiger partial charge in [0, 0.05) is 16.0 Å². The summed E-state index contributed by atoms with van der Waals surface area (Å²) >= 11 is 9.27. The standard InChI is InChI=1S/C22H19BrClN5O2/c23-17-5-1-16(2-6-17)13-28-14-26-21-19(22(28)31)12-27-29(21)10-9-25-20(30)11-15-3-7-18(24)8-4-15/h1-8,12,14H,9-11,13H2,(H,25,30). The Labute approximate surface area is 191 Å². The van der Waals surface area contributed by atoms with E-state index in [1.807, 2.05) is 36.4 Å². The predicted molar refractivity (Wildman–Crippen MR) is 123 cm³/mol. The fourth-order valence-electron chi connectivity index (χ4n) is 3.21. The number of halogens is 2. The van der Waals surface area contributed by atoms with Gasteiger partial charge in [-0.1, -0.05) is 51.8 Å². The van der Waals surface area contributed by atoms with Crippen LogP contribution < -0.4 is 10.9 Å². The van der Waals surface area contributed by atoms with E-state index in [0.717, 1.165) is 15.6 Å². The number of fused-ring (bicyclic) bond motifs is 1. The number of nitrogens with zero attached hydrogens (tertiary/aromatic N) is 4. The van der Waals surface area contributed by atoms with Crippen molar-refractivity contribution in [1.29, 1.82) is 0 Å². The molecule has 0 radical (unpaired) electrons. The van der Waals surface area contributed by atoms with Crippen LogP contribution in [0.5, 0.6) is 0 Å². The maximum Gasteiger partial charge on any atom is 0.264 e. The number of nitrogens with one attached hydrogen (secondary N) is 1. The Balaban J connectivity index is 1.39. The smallest absolute Gasteiger partial charge is 0.264 e. The third kappa shape index (κ3) is 5.21. The van der Waals surface area contributed by atoms with Gasteiger partial charge in [0.2, 0.25) is 5.91 Å². The zero-order valence-corrected chi connectivity index (χ0v) is 18.8. The fourth-order valence-corrected chi connectivity index (χ4v) is 3.60. The van der Waals surface area contributed by atoms with E-state index in [0.29, 0.717) is 35.7 Å². The van der Waals surface area contributed by atoms with Gasteiger partial charge in [-0.05, 0) is 35.4 Å². The number of amides is 1. The zero-order valence-electron chi connectivity index (χ0n) is 16.5. The highest BCUT2D eigenvalue weighted by Crippen LogP contribution is 2.12. The van der Waals surface area contributed by atoms with Gasteiger partial charge >= 0.3 is 0 Å². The van der Waals surface area contributed by atoms with E-state index in [1.54, 1.807) is 21.4 Å². The number of rotatable bonds is 7. The SMILES string of the molecule is O=C(Cc1ccc(Cl)cc1)NCCn1ncc2c(=O)n(Cc3ccc(Br)cc3)cnc21. The summed E-state index contributed by atoms with van der Waals surface area (Å²) in [4.78, 5) is 29.4. The van der Waals surface area contributed by atoms with E-state index in [1.165, 1.54) is 12.5 Å². The molecule has 2 aromatic carbocycles. The zero-order chi connectivity index (χ0) is 21.8. The average Bonchev–Trinajstić information content (AvgIpc) is 3.17. The number of benzene rings is 2. The third-order valence-electron chi connectivity index (χ3n) is 4.81. The molecule has 0 aliphatic rings. The molecule has 9 heteroatoms. The van der Waals surface area contributed by atoms with Crippen LogP contribution in [0.4, 0.5) is 0 Å². The predicted octanol–water partition coefficient (Wildman–Crippen LogP) is 3.42. The molecule has 1 amide bonds. The molecular formula is C22H19BrClN5O2. The lowest BCUT2D eigenvalue weighted by Crippen LogP contribution is -2.29. The first-order chi connectivity index (χ1) is 15.0. The van der Waals surface area contributed by atoms with Crippen LogP contribution >= 0.6 is 27.5 Å². The first-order valence-electron chi connectivity index (χ1n) is 9.66. The van der Waals surface area contributed by atoms with Crippen LogP contribution in [-0.4, -0.2) is 31.8 Å². The monoisotopic (exact) mass is 499 g/mol. The van der Waals surface area contributed by atoms with Crippen molar-refractivity contribution in [2.24, 2.45) is 0 Å². The number of hydrogen-bond donors (Lipinski definition) is 1. The molecule has 158 valence electrons. The lowest BCUT2D eigenvalue weighted by Gasteiger charge is -2.08. The van der Waals surface area contributed by atoms with Crippen molar-refractivity contribution in [1.82, 2.24) is 24.6 Å². The number of aromatic nitrogens is 4. The van der Waals surface area contributed by atoms with Gasteiger partial charge in [-0.2, -0.15) is 5.10 Å². The molecule has 0 saturated carbocycles. The van der Waals surface area contributed by atoms with E-state index in [2.05, 4.69) is 31.3 Å². The quantitative estimate of drug-likeness (QED) is 0.422. The highest BCUT2D eigenvalue weighted by Gasteiger charge is 2.11. The summed E-state index contributed by atoms with van der Waals surface area (Å²) in [5.74, 6) is -0.0939. The average molecular weight is 501 g/mol. The van der Waals surface area contributed by atoms with Crippen LogP contribution in [-0.2, 0) is 24.3 Å². The molecule has 2 aromatic heterocycles. The van der Waals surface area contributed by atoms with Crippen molar-refractivity contribution in [3.05, 3.63) is 92.0 Å². The number of carbonyl (C=O) groups is 1. The second kappa shape index (κ2) is 9.45. The molecule has 0 spiro atoms. The molecule has 0 unspecified atom stereocenters. The fraction of sp³-hybridized carbons (Fsp3) is 0.182. The lowest BCUT2D eigenvalue weighted by molar-refractivity contribution is -0.120. The van der Waals surface area contributed by atoms with Gasteiger partial charge in [0.25, 0.3) is 5.56 Å². The molecule has 0 fully saturated rings. The summed E-state index contributed by atoms with van der Waals surface area (Å²) in [6.07, 6.45) is 3.33. The van der Waals surface area contributed by atoms with E-state index in [9.17, 15) is 9.59 Å². The van der Waals surface area contributed by atoms with E-state index in [-0.39, 0.29) is 17.9 Å². The Morgan fingerprint density at radius 1 is 1.06 bits per heavy atom. The van der Waals surface area contributed by atoms with Gasteiger partial charge in [0.15, 0.2) is 5.65 Å². The minimum atomic E-state index is -0.147. The molecule has 0 saturated heterocycles. The van der Waals surface area contributed by atoms with Gasteiger partial charge in [-0.25, -0.2) is 9.67 Å². The minimum absolute atomic E-state index is 0.0939. The molecule has 0 aliphatic carbocycles. The molecule has 4 aromatic rings. The highest BCUT2D eigenvalue weighted by molar-refractivity contribution is 9.10. The Kier molecular flexibility index (Phi) is 6.48. The van der Waals surface area contributed by atoms with Gasteiger partial charge in [0.1, 0.15) is 11.7 Å². The van der Waals surface area contributed by atoms with Gasteiger partial charge < -0.3 is 5.32 Å². The van der Waals surface area contributed by atoms with E-state index in [4.69, 9.17) is 11.6 Å². The Bertz CT molecular complexity index is 1270. The molecule has 31 heavy (non-hydrogen) atoms. The van der Waals surface area contributed by atoms with Gasteiger partial charge in [0.05, 0.1) is 25.7 Å². The summed E-state index contributed by atoms with van der Waals surface area (Å²) in [6, 6.07) is 15.0. The van der Waals surface area contributed by atoms with Crippen molar-refractivity contribution in [2.75, 3.05) is 6.54 Å². The number of carbonyl (C=O) groups excluding carboxylic acids is 1. The van der Waals surface area contributed by atoms with Crippen LogP contribution in [0.15, 0.2) is 70.3 Å². The van der Waals surface area contributed by atoms with E-state index >= 15 is 0 Å². The Morgan fingerprint density at radius 3 is 2.52 bits per heavy atom. The van der Waals surface area contributed by atoms with Crippen LogP contribution in [0.2, 0.25) is 5.02 Å². The second-order valence-corrected chi connectivity index (χ2v) is 8.41. The minimum Gasteiger partial charge on any atom is -0.354 e. The molecule has 0 bridgehead atoms. The maximum atomic E-state index is 12.8. The van der Waals surface area contributed by atoms with Crippen molar-refractivity contribution < 1.29 is 4.79 Å². The van der Waals surface area contributed by atoms with Crippen molar-refractivity contribution in [3.8, 4) is 0 Å². The molecule has 0 aliphatic heterocycles. The molecule has 7 nitrogen and oxygen atoms in total. The van der Waals surface area contributed by atoms with Gasteiger partial charge in [-0.3, -0.25) is 14.2 Å². The molecular weight excluding hydrogens is 482 g/mol.